The van der Waals surface area contributed by atoms with Crippen LogP contribution in [0, 0.1) is 0 Å². The van der Waals surface area contributed by atoms with Gasteiger partial charge < -0.3 is 5.21 Å². The van der Waals surface area contributed by atoms with Crippen molar-refractivity contribution in [1.82, 2.24) is 9.88 Å². The monoisotopic (exact) mass is 261 g/mol. The first-order valence-electron chi connectivity index (χ1n) is 6.12. The van der Waals surface area contributed by atoms with E-state index in [1.165, 1.54) is 9.71 Å². The second kappa shape index (κ2) is 5.04. The third-order valence-electron chi connectivity index (χ3n) is 3.27. The Kier molecular flexibility index (Phi) is 3.25. The van der Waals surface area contributed by atoms with Gasteiger partial charge in [0.2, 0.25) is 0 Å². The lowest BCUT2D eigenvalue weighted by Crippen LogP contribution is -2.33. The number of hydrogen-bond acceptors (Lipinski definition) is 5. The van der Waals surface area contributed by atoms with Crippen LogP contribution in [0.25, 0.3) is 10.2 Å². The van der Waals surface area contributed by atoms with Crippen molar-refractivity contribution >= 4 is 27.3 Å². The number of oxime groups is 1. The zero-order valence-electron chi connectivity index (χ0n) is 10.0. The van der Waals surface area contributed by atoms with Gasteiger partial charge in [-0.2, -0.15) is 0 Å². The van der Waals surface area contributed by atoms with E-state index in [4.69, 9.17) is 5.21 Å². The summed E-state index contributed by atoms with van der Waals surface area (Å²) in [5.74, 6) is 0. The van der Waals surface area contributed by atoms with Crippen LogP contribution in [-0.4, -0.2) is 33.9 Å². The molecule has 5 heteroatoms. The molecule has 1 aromatic carbocycles. The quantitative estimate of drug-likeness (QED) is 0.668. The highest BCUT2D eigenvalue weighted by molar-refractivity contribution is 7.18. The Hall–Kier alpha value is -1.46. The van der Waals surface area contributed by atoms with Crippen molar-refractivity contribution in [3.05, 3.63) is 29.3 Å². The number of thiazole rings is 1. The van der Waals surface area contributed by atoms with E-state index in [0.29, 0.717) is 0 Å². The van der Waals surface area contributed by atoms with Gasteiger partial charge in [-0.1, -0.05) is 17.3 Å². The average Bonchev–Trinajstić information content (AvgIpc) is 2.82. The molecule has 0 unspecified atom stereocenters. The van der Waals surface area contributed by atoms with Crippen molar-refractivity contribution in [2.24, 2.45) is 5.16 Å². The smallest absolute Gasteiger partial charge is 0.108 e. The number of likely N-dealkylation sites (tertiary alicyclic amines) is 1. The van der Waals surface area contributed by atoms with Crippen LogP contribution in [0.2, 0.25) is 0 Å². The van der Waals surface area contributed by atoms with Gasteiger partial charge in [0.1, 0.15) is 5.01 Å². The summed E-state index contributed by atoms with van der Waals surface area (Å²) in [5.41, 5.74) is 2.00. The maximum absolute atomic E-state index is 8.72. The van der Waals surface area contributed by atoms with E-state index in [1.807, 2.05) is 6.07 Å². The van der Waals surface area contributed by atoms with Crippen molar-refractivity contribution in [1.29, 1.82) is 0 Å². The summed E-state index contributed by atoms with van der Waals surface area (Å²) in [5, 5.41) is 13.2. The van der Waals surface area contributed by atoms with Crippen LogP contribution in [-0.2, 0) is 6.54 Å². The molecule has 0 radical (unpaired) electrons. The molecule has 1 aliphatic rings. The number of aromatic nitrogens is 1. The average molecular weight is 261 g/mol. The molecule has 1 fully saturated rings. The minimum atomic E-state index is 0.862. The SMILES string of the molecule is ON=C1CCN(Cc2nc3ccccc3s2)CC1. The normalized spacial score (nSPS) is 17.2. The molecule has 0 amide bonds. The molecule has 1 N–H and O–H groups in total. The molecular formula is C13H15N3OS. The van der Waals surface area contributed by atoms with Crippen LogP contribution in [0.15, 0.2) is 29.4 Å². The van der Waals surface area contributed by atoms with Gasteiger partial charge in [-0.3, -0.25) is 4.90 Å². The molecule has 2 heterocycles. The van der Waals surface area contributed by atoms with E-state index in [0.717, 1.165) is 43.7 Å². The topological polar surface area (TPSA) is 48.7 Å². The molecule has 18 heavy (non-hydrogen) atoms. The molecule has 1 saturated heterocycles. The first-order chi connectivity index (χ1) is 8.85. The molecule has 3 rings (SSSR count). The fourth-order valence-electron chi connectivity index (χ4n) is 2.25. The number of hydrogen-bond donors (Lipinski definition) is 1. The highest BCUT2D eigenvalue weighted by Gasteiger charge is 2.16. The molecule has 2 aromatic rings. The van der Waals surface area contributed by atoms with E-state index < -0.39 is 0 Å². The van der Waals surface area contributed by atoms with Crippen LogP contribution in [0.1, 0.15) is 17.8 Å². The fraction of sp³-hybridized carbons (Fsp3) is 0.385. The summed E-state index contributed by atoms with van der Waals surface area (Å²) in [6, 6.07) is 8.25. The van der Waals surface area contributed by atoms with E-state index >= 15 is 0 Å². The minimum absolute atomic E-state index is 0.862. The summed E-state index contributed by atoms with van der Waals surface area (Å²) in [6.07, 6.45) is 1.72. The standard InChI is InChI=1S/C13H15N3OS/c17-15-10-5-7-16(8-6-10)9-13-14-11-3-1-2-4-12(11)18-13/h1-4,17H,5-9H2. The summed E-state index contributed by atoms with van der Waals surface area (Å²) >= 11 is 1.77. The highest BCUT2D eigenvalue weighted by Crippen LogP contribution is 2.23. The predicted octanol–water partition coefficient (Wildman–Crippen LogP) is 2.72. The second-order valence-corrected chi connectivity index (χ2v) is 5.63. The molecule has 0 bridgehead atoms. The number of fused-ring (bicyclic) bond motifs is 1. The van der Waals surface area contributed by atoms with Crippen LogP contribution in [0.4, 0.5) is 0 Å². The molecule has 94 valence electrons. The van der Waals surface area contributed by atoms with Crippen molar-refractivity contribution in [3.63, 3.8) is 0 Å². The molecule has 0 spiro atoms. The second-order valence-electron chi connectivity index (χ2n) is 4.52. The lowest BCUT2D eigenvalue weighted by atomic mass is 10.1. The van der Waals surface area contributed by atoms with Gasteiger partial charge in [-0.25, -0.2) is 4.98 Å². The molecule has 0 saturated carbocycles. The molecule has 1 aromatic heterocycles. The number of piperidine rings is 1. The van der Waals surface area contributed by atoms with Gasteiger partial charge in [0.25, 0.3) is 0 Å². The van der Waals surface area contributed by atoms with E-state index in [9.17, 15) is 0 Å². The van der Waals surface area contributed by atoms with Crippen LogP contribution >= 0.6 is 11.3 Å². The van der Waals surface area contributed by atoms with Gasteiger partial charge in [-0.05, 0) is 12.1 Å². The number of para-hydroxylation sites is 1. The van der Waals surface area contributed by atoms with Crippen LogP contribution < -0.4 is 0 Å². The van der Waals surface area contributed by atoms with Gasteiger partial charge in [0.05, 0.1) is 22.5 Å². The lowest BCUT2D eigenvalue weighted by molar-refractivity contribution is 0.256. The first kappa shape index (κ1) is 11.6. The molecule has 1 aliphatic heterocycles. The largest absolute Gasteiger partial charge is 0.411 e. The fourth-order valence-corrected chi connectivity index (χ4v) is 3.26. The molecular weight excluding hydrogens is 246 g/mol. The third kappa shape index (κ3) is 2.37. The van der Waals surface area contributed by atoms with Gasteiger partial charge >= 0.3 is 0 Å². The third-order valence-corrected chi connectivity index (χ3v) is 4.29. The van der Waals surface area contributed by atoms with Crippen molar-refractivity contribution in [3.8, 4) is 0 Å². The number of nitrogens with zero attached hydrogens (tertiary/aromatic N) is 3. The maximum Gasteiger partial charge on any atom is 0.108 e. The molecule has 0 aliphatic carbocycles. The van der Waals surface area contributed by atoms with E-state index in [1.54, 1.807) is 11.3 Å². The minimum Gasteiger partial charge on any atom is -0.411 e. The zero-order valence-corrected chi connectivity index (χ0v) is 10.9. The summed E-state index contributed by atoms with van der Waals surface area (Å²) in [7, 11) is 0. The van der Waals surface area contributed by atoms with Crippen molar-refractivity contribution in [2.75, 3.05) is 13.1 Å². The molecule has 0 atom stereocenters. The summed E-state index contributed by atoms with van der Waals surface area (Å²) in [6.45, 7) is 2.81. The Morgan fingerprint density at radius 2 is 2.06 bits per heavy atom. The number of benzene rings is 1. The lowest BCUT2D eigenvalue weighted by Gasteiger charge is -2.25. The van der Waals surface area contributed by atoms with Crippen molar-refractivity contribution in [2.45, 2.75) is 19.4 Å². The highest BCUT2D eigenvalue weighted by atomic mass is 32.1. The van der Waals surface area contributed by atoms with Gasteiger partial charge in [0, 0.05) is 25.9 Å². The Balaban J connectivity index is 1.69. The van der Waals surface area contributed by atoms with Crippen molar-refractivity contribution < 1.29 is 5.21 Å². The Morgan fingerprint density at radius 3 is 2.78 bits per heavy atom. The predicted molar refractivity (Wildman–Crippen MR) is 73.4 cm³/mol. The van der Waals surface area contributed by atoms with Gasteiger partial charge in [0.15, 0.2) is 0 Å². The first-order valence-corrected chi connectivity index (χ1v) is 6.93. The Morgan fingerprint density at radius 1 is 1.28 bits per heavy atom. The Bertz CT molecular complexity index is 535. The Labute approximate surface area is 110 Å². The summed E-state index contributed by atoms with van der Waals surface area (Å²) < 4.78 is 1.25. The molecule has 4 nitrogen and oxygen atoms in total. The maximum atomic E-state index is 8.72. The number of rotatable bonds is 2. The van der Waals surface area contributed by atoms with E-state index in [-0.39, 0.29) is 0 Å². The zero-order chi connectivity index (χ0) is 12.4. The van der Waals surface area contributed by atoms with Crippen LogP contribution in [0.3, 0.4) is 0 Å². The van der Waals surface area contributed by atoms with Gasteiger partial charge in [-0.15, -0.1) is 11.3 Å². The van der Waals surface area contributed by atoms with E-state index in [2.05, 4.69) is 33.2 Å². The summed E-state index contributed by atoms with van der Waals surface area (Å²) in [4.78, 5) is 7.01. The van der Waals surface area contributed by atoms with Crippen LogP contribution in [0.5, 0.6) is 0 Å².